The second-order valence-electron chi connectivity index (χ2n) is 7.06. The van der Waals surface area contributed by atoms with Crippen LogP contribution in [0.15, 0.2) is 53.4 Å². The van der Waals surface area contributed by atoms with Gasteiger partial charge in [-0.3, -0.25) is 9.59 Å². The van der Waals surface area contributed by atoms with Crippen molar-refractivity contribution in [2.24, 2.45) is 0 Å². The summed E-state index contributed by atoms with van der Waals surface area (Å²) in [6.45, 7) is 5.38. The minimum atomic E-state index is -4.11. The fourth-order valence-corrected chi connectivity index (χ4v) is 3.85. The van der Waals surface area contributed by atoms with Crippen LogP contribution in [0.5, 0.6) is 5.75 Å². The Hall–Kier alpha value is -2.91. The molecule has 0 saturated heterocycles. The molecule has 2 amide bonds. The Morgan fingerprint density at radius 3 is 2.32 bits per heavy atom. The zero-order chi connectivity index (χ0) is 23.0. The number of carbonyl (C=O) groups is 2. The molecule has 0 aliphatic heterocycles. The van der Waals surface area contributed by atoms with E-state index in [1.807, 2.05) is 13.8 Å². The molecule has 0 unspecified atom stereocenters. The van der Waals surface area contributed by atoms with E-state index in [9.17, 15) is 18.0 Å². The monoisotopic (exact) mass is 448 g/mol. The second-order valence-corrected chi connectivity index (χ2v) is 8.61. The highest BCUT2D eigenvalue weighted by molar-refractivity contribution is 7.87. The van der Waals surface area contributed by atoms with Crippen LogP contribution in [0.25, 0.3) is 0 Å². The van der Waals surface area contributed by atoms with E-state index in [4.69, 9.17) is 8.92 Å². The maximum atomic E-state index is 12.8. The highest BCUT2D eigenvalue weighted by Crippen LogP contribution is 2.26. The Morgan fingerprint density at radius 1 is 1.10 bits per heavy atom. The zero-order valence-electron chi connectivity index (χ0n) is 18.1. The van der Waals surface area contributed by atoms with Crippen molar-refractivity contribution in [2.75, 3.05) is 19.0 Å². The van der Waals surface area contributed by atoms with Crippen molar-refractivity contribution in [3.05, 3.63) is 54.1 Å². The quantitative estimate of drug-likeness (QED) is 0.560. The van der Waals surface area contributed by atoms with Crippen molar-refractivity contribution < 1.29 is 26.9 Å². The van der Waals surface area contributed by atoms with Gasteiger partial charge in [-0.05, 0) is 43.7 Å². The number of para-hydroxylation sites is 1. The smallest absolute Gasteiger partial charge is 0.339 e. The molecule has 0 heterocycles. The van der Waals surface area contributed by atoms with E-state index < -0.39 is 10.1 Å². The summed E-state index contributed by atoms with van der Waals surface area (Å²) >= 11 is 0. The molecule has 0 radical (unpaired) electrons. The minimum absolute atomic E-state index is 0.0503. The topological polar surface area (TPSA) is 102 Å². The van der Waals surface area contributed by atoms with Gasteiger partial charge in [-0.2, -0.15) is 8.42 Å². The van der Waals surface area contributed by atoms with Crippen LogP contribution in [-0.4, -0.2) is 44.9 Å². The van der Waals surface area contributed by atoms with E-state index in [0.717, 1.165) is 6.42 Å². The largest absolute Gasteiger partial charge is 0.379 e. The van der Waals surface area contributed by atoms with Crippen molar-refractivity contribution in [2.45, 2.75) is 44.7 Å². The fourth-order valence-electron chi connectivity index (χ4n) is 2.89. The van der Waals surface area contributed by atoms with Gasteiger partial charge in [-0.25, -0.2) is 0 Å². The Kier molecular flexibility index (Phi) is 8.58. The van der Waals surface area contributed by atoms with Gasteiger partial charge in [-0.15, -0.1) is 0 Å². The summed E-state index contributed by atoms with van der Waals surface area (Å²) in [6.07, 6.45) is 0.734. The van der Waals surface area contributed by atoms with Crippen LogP contribution in [-0.2, 0) is 31.0 Å². The Labute approximate surface area is 183 Å². The number of carbonyl (C=O) groups excluding carboxylic acids is 2. The van der Waals surface area contributed by atoms with Gasteiger partial charge in [0.2, 0.25) is 11.8 Å². The first kappa shape index (κ1) is 24.4. The Bertz CT molecular complexity index is 1000. The average molecular weight is 449 g/mol. The molecule has 2 rings (SSSR count). The van der Waals surface area contributed by atoms with Crippen molar-refractivity contribution in [1.82, 2.24) is 4.90 Å². The van der Waals surface area contributed by atoms with Crippen LogP contribution in [0.3, 0.4) is 0 Å². The normalized spacial score (nSPS) is 12.1. The molecule has 0 saturated carbocycles. The molecule has 168 valence electrons. The number of benzene rings is 2. The number of methoxy groups -OCH3 is 1. The first-order valence-electron chi connectivity index (χ1n) is 9.86. The number of nitrogens with zero attached hydrogens (tertiary/aromatic N) is 1. The van der Waals surface area contributed by atoms with Crippen LogP contribution in [0.1, 0.15) is 32.8 Å². The molecule has 31 heavy (non-hydrogen) atoms. The molecule has 0 bridgehead atoms. The number of hydrogen-bond donors (Lipinski definition) is 1. The van der Waals surface area contributed by atoms with Gasteiger partial charge >= 0.3 is 10.1 Å². The average Bonchev–Trinajstić information content (AvgIpc) is 2.72. The van der Waals surface area contributed by atoms with Crippen molar-refractivity contribution >= 4 is 27.6 Å². The number of amides is 2. The lowest BCUT2D eigenvalue weighted by Crippen LogP contribution is -2.40. The first-order valence-corrected chi connectivity index (χ1v) is 11.3. The summed E-state index contributed by atoms with van der Waals surface area (Å²) in [6, 6.07) is 12.3. The summed E-state index contributed by atoms with van der Waals surface area (Å²) in [5.74, 6) is -0.301. The third-order valence-electron chi connectivity index (χ3n) is 4.69. The summed E-state index contributed by atoms with van der Waals surface area (Å²) in [4.78, 5) is 25.2. The predicted molar refractivity (Wildman–Crippen MR) is 117 cm³/mol. The lowest BCUT2D eigenvalue weighted by Gasteiger charge is -2.29. The number of hydrogen-bond acceptors (Lipinski definition) is 6. The summed E-state index contributed by atoms with van der Waals surface area (Å²) < 4.78 is 36.0. The Balaban J connectivity index is 2.28. The van der Waals surface area contributed by atoms with Gasteiger partial charge in [0.1, 0.15) is 17.3 Å². The van der Waals surface area contributed by atoms with Gasteiger partial charge < -0.3 is 19.1 Å². The van der Waals surface area contributed by atoms with Crippen LogP contribution < -0.4 is 9.50 Å². The summed E-state index contributed by atoms with van der Waals surface area (Å²) in [5, 5.41) is 2.58. The zero-order valence-corrected chi connectivity index (χ0v) is 18.9. The number of anilines is 1. The molecule has 1 atom stereocenters. The molecule has 9 heteroatoms. The van der Waals surface area contributed by atoms with Gasteiger partial charge in [0.25, 0.3) is 0 Å². The lowest BCUT2D eigenvalue weighted by atomic mass is 10.1. The lowest BCUT2D eigenvalue weighted by molar-refractivity contribution is -0.138. The van der Waals surface area contributed by atoms with E-state index in [-0.39, 0.29) is 41.7 Å². The van der Waals surface area contributed by atoms with Crippen molar-refractivity contribution in [3.8, 4) is 5.75 Å². The molecule has 0 aromatic heterocycles. The van der Waals surface area contributed by atoms with Crippen molar-refractivity contribution in [3.63, 3.8) is 0 Å². The standard InChI is InChI=1S/C22H28N2O6S/c1-5-16(2)24(22(26)15-29-4)14-18-8-6-7-9-21(18)30-31(27,28)20-12-10-19(11-13-20)23-17(3)25/h6-13,16H,5,14-15H2,1-4H3,(H,23,25)/t16-/m1/s1. The van der Waals surface area contributed by atoms with E-state index in [0.29, 0.717) is 11.3 Å². The van der Waals surface area contributed by atoms with E-state index >= 15 is 0 Å². The maximum Gasteiger partial charge on any atom is 0.339 e. The highest BCUT2D eigenvalue weighted by Gasteiger charge is 2.23. The van der Waals surface area contributed by atoms with E-state index in [1.54, 1.807) is 29.2 Å². The van der Waals surface area contributed by atoms with Gasteiger partial charge in [0, 0.05) is 37.9 Å². The third-order valence-corrected chi connectivity index (χ3v) is 5.94. The van der Waals surface area contributed by atoms with Crippen LogP contribution in [0.4, 0.5) is 5.69 Å². The highest BCUT2D eigenvalue weighted by atomic mass is 32.2. The van der Waals surface area contributed by atoms with Gasteiger partial charge in [0.15, 0.2) is 0 Å². The van der Waals surface area contributed by atoms with E-state index in [1.165, 1.54) is 38.3 Å². The van der Waals surface area contributed by atoms with Crippen LogP contribution in [0, 0.1) is 0 Å². The molecule has 0 aliphatic rings. The van der Waals surface area contributed by atoms with Gasteiger partial charge in [0.05, 0.1) is 0 Å². The second kappa shape index (κ2) is 10.9. The van der Waals surface area contributed by atoms with E-state index in [2.05, 4.69) is 5.32 Å². The molecule has 8 nitrogen and oxygen atoms in total. The molecule has 0 spiro atoms. The number of nitrogens with one attached hydrogen (secondary N) is 1. The molecule has 0 aliphatic carbocycles. The minimum Gasteiger partial charge on any atom is -0.379 e. The van der Waals surface area contributed by atoms with Crippen LogP contribution in [0.2, 0.25) is 0 Å². The van der Waals surface area contributed by atoms with Crippen molar-refractivity contribution in [1.29, 1.82) is 0 Å². The Morgan fingerprint density at radius 2 is 1.74 bits per heavy atom. The molecule has 1 N–H and O–H groups in total. The molecular weight excluding hydrogens is 420 g/mol. The van der Waals surface area contributed by atoms with Gasteiger partial charge in [-0.1, -0.05) is 25.1 Å². The molecular formula is C22H28N2O6S. The first-order chi connectivity index (χ1) is 14.7. The summed E-state index contributed by atoms with van der Waals surface area (Å²) in [7, 11) is -2.66. The predicted octanol–water partition coefficient (Wildman–Crippen LogP) is 3.19. The number of ether oxygens (including phenoxy) is 1. The molecule has 0 fully saturated rings. The maximum absolute atomic E-state index is 12.8. The summed E-state index contributed by atoms with van der Waals surface area (Å²) in [5.41, 5.74) is 1.04. The van der Waals surface area contributed by atoms with Crippen LogP contribution >= 0.6 is 0 Å². The number of rotatable bonds is 10. The molecule has 2 aromatic carbocycles. The fraction of sp³-hybridized carbons (Fsp3) is 0.364. The SMILES string of the molecule is CC[C@@H](C)N(Cc1ccccc1OS(=O)(=O)c1ccc(NC(C)=O)cc1)C(=O)COC. The molecule has 2 aromatic rings. The third kappa shape index (κ3) is 6.80.